The molecule has 0 bridgehead atoms. The monoisotopic (exact) mass is 573 g/mol. The van der Waals surface area contributed by atoms with E-state index in [2.05, 4.69) is 67.6 Å². The highest BCUT2D eigenvalue weighted by atomic mass is 16.5. The lowest BCUT2D eigenvalue weighted by Crippen LogP contribution is -2.33. The van der Waals surface area contributed by atoms with E-state index in [0.29, 0.717) is 13.0 Å². The topological polar surface area (TPSA) is 70.8 Å². The fourth-order valence-electron chi connectivity index (χ4n) is 5.82. The fourth-order valence-corrected chi connectivity index (χ4v) is 5.82. The van der Waals surface area contributed by atoms with Gasteiger partial charge in [-0.1, -0.05) is 125 Å². The van der Waals surface area contributed by atoms with E-state index in [1.54, 1.807) is 14.2 Å². The molecule has 2 atom stereocenters. The first-order chi connectivity index (χ1) is 20.5. The molecular weight excluding hydrogens is 522 g/mol. The second-order valence-electron chi connectivity index (χ2n) is 11.2. The zero-order chi connectivity index (χ0) is 30.0. The molecule has 5 heteroatoms. The Morgan fingerprint density at radius 1 is 0.714 bits per heavy atom. The molecule has 0 spiro atoms. The van der Waals surface area contributed by atoms with Crippen LogP contribution in [0.1, 0.15) is 94.2 Å². The molecular formula is C37H51NO4. The first kappa shape index (κ1) is 33.4. The van der Waals surface area contributed by atoms with Gasteiger partial charge in [-0.15, -0.1) is 0 Å². The fraction of sp³-hybridized carbons (Fsp3) is 0.486. The van der Waals surface area contributed by atoms with Gasteiger partial charge in [-0.25, -0.2) is 0 Å². The van der Waals surface area contributed by atoms with Crippen LogP contribution in [0.25, 0.3) is 0 Å². The number of unbranched alkanes of at least 4 members (excludes halogenated alkanes) is 6. The number of nitrogens with two attached hydrogens (primary N) is 1. The number of primary amides is 1. The molecule has 2 N–H and O–H groups in total. The van der Waals surface area contributed by atoms with E-state index < -0.39 is 5.60 Å². The Bertz CT molecular complexity index is 1090. The van der Waals surface area contributed by atoms with Crippen LogP contribution in [-0.4, -0.2) is 32.8 Å². The van der Waals surface area contributed by atoms with Crippen LogP contribution in [0.5, 0.6) is 5.75 Å². The summed E-state index contributed by atoms with van der Waals surface area (Å²) in [5.41, 5.74) is 8.23. The van der Waals surface area contributed by atoms with Crippen molar-refractivity contribution in [3.63, 3.8) is 0 Å². The smallest absolute Gasteiger partial charge is 0.220 e. The van der Waals surface area contributed by atoms with Gasteiger partial charge in [-0.2, -0.15) is 0 Å². The number of hydrogen-bond acceptors (Lipinski definition) is 4. The minimum atomic E-state index is -0.782. The molecule has 0 radical (unpaired) electrons. The highest BCUT2D eigenvalue weighted by molar-refractivity contribution is 5.76. The molecule has 3 aromatic rings. The van der Waals surface area contributed by atoms with Crippen molar-refractivity contribution < 1.29 is 19.0 Å². The van der Waals surface area contributed by atoms with Gasteiger partial charge in [0.2, 0.25) is 5.91 Å². The van der Waals surface area contributed by atoms with Gasteiger partial charge in [-0.3, -0.25) is 4.79 Å². The van der Waals surface area contributed by atoms with Crippen molar-refractivity contribution >= 4 is 5.91 Å². The van der Waals surface area contributed by atoms with E-state index in [9.17, 15) is 4.79 Å². The van der Waals surface area contributed by atoms with E-state index in [1.165, 1.54) is 32.1 Å². The molecule has 0 aliphatic rings. The predicted octanol–water partition coefficient (Wildman–Crippen LogP) is 8.43. The summed E-state index contributed by atoms with van der Waals surface area (Å²) >= 11 is 0. The summed E-state index contributed by atoms with van der Waals surface area (Å²) < 4.78 is 18.1. The molecule has 0 aliphatic carbocycles. The van der Waals surface area contributed by atoms with Gasteiger partial charge in [0.25, 0.3) is 0 Å². The van der Waals surface area contributed by atoms with Gasteiger partial charge in [0.05, 0.1) is 13.2 Å². The average molecular weight is 574 g/mol. The van der Waals surface area contributed by atoms with Crippen molar-refractivity contribution in [3.8, 4) is 5.75 Å². The molecule has 0 heterocycles. The minimum absolute atomic E-state index is 0.0730. The Hall–Kier alpha value is -3.15. The van der Waals surface area contributed by atoms with Gasteiger partial charge >= 0.3 is 0 Å². The molecule has 0 aliphatic heterocycles. The zero-order valence-corrected chi connectivity index (χ0v) is 25.9. The second-order valence-corrected chi connectivity index (χ2v) is 11.2. The van der Waals surface area contributed by atoms with Gasteiger partial charge in [-0.05, 0) is 54.5 Å². The van der Waals surface area contributed by atoms with Crippen molar-refractivity contribution in [2.75, 3.05) is 20.8 Å². The van der Waals surface area contributed by atoms with Crippen LogP contribution < -0.4 is 10.5 Å². The van der Waals surface area contributed by atoms with Crippen molar-refractivity contribution in [1.82, 2.24) is 0 Å². The largest absolute Gasteiger partial charge is 0.497 e. The molecule has 3 rings (SSSR count). The number of benzene rings is 3. The molecule has 3 aromatic carbocycles. The van der Waals surface area contributed by atoms with Gasteiger partial charge in [0.1, 0.15) is 11.4 Å². The Morgan fingerprint density at radius 3 is 1.81 bits per heavy atom. The highest BCUT2D eigenvalue weighted by Gasteiger charge is 2.37. The van der Waals surface area contributed by atoms with Crippen LogP contribution in [0.2, 0.25) is 0 Å². The molecule has 228 valence electrons. The molecule has 0 fully saturated rings. The first-order valence-corrected chi connectivity index (χ1v) is 15.8. The molecule has 5 nitrogen and oxygen atoms in total. The normalized spacial score (nSPS) is 13.0. The third kappa shape index (κ3) is 9.71. The number of amides is 1. The second kappa shape index (κ2) is 18.4. The molecule has 0 saturated carbocycles. The van der Waals surface area contributed by atoms with Crippen LogP contribution in [0.3, 0.4) is 0 Å². The van der Waals surface area contributed by atoms with Crippen LogP contribution in [-0.2, 0) is 19.9 Å². The van der Waals surface area contributed by atoms with Crippen molar-refractivity contribution in [2.24, 2.45) is 11.7 Å². The van der Waals surface area contributed by atoms with Crippen LogP contribution in [0.15, 0.2) is 84.9 Å². The van der Waals surface area contributed by atoms with Crippen molar-refractivity contribution in [2.45, 2.75) is 89.3 Å². The molecule has 0 aromatic heterocycles. The number of carbonyl (C=O) groups is 1. The van der Waals surface area contributed by atoms with E-state index in [4.69, 9.17) is 19.9 Å². The predicted molar refractivity (Wildman–Crippen MR) is 172 cm³/mol. The van der Waals surface area contributed by atoms with Gasteiger partial charge in [0.15, 0.2) is 0 Å². The van der Waals surface area contributed by atoms with Crippen LogP contribution >= 0.6 is 0 Å². The maximum Gasteiger partial charge on any atom is 0.220 e. The van der Waals surface area contributed by atoms with E-state index in [-0.39, 0.29) is 17.9 Å². The van der Waals surface area contributed by atoms with Crippen molar-refractivity contribution in [1.29, 1.82) is 0 Å². The number of methoxy groups -OCH3 is 2. The standard InChI is InChI=1S/C37H51NO4/c1-4-5-6-7-8-15-23-35(41-3)29-30(36(38)39)18-16-17-28-42-37(31-19-11-9-12-20-31,32-21-13-10-14-22-32)33-24-26-34(40-2)27-25-33/h9-14,19-22,24-27,30,35H,4-8,15-18,23,28-29H2,1-3H3,(H2,38,39). The third-order valence-electron chi connectivity index (χ3n) is 8.29. The van der Waals surface area contributed by atoms with E-state index in [1.807, 2.05) is 24.3 Å². The summed E-state index contributed by atoms with van der Waals surface area (Å²) in [6, 6.07) is 28.9. The quantitative estimate of drug-likeness (QED) is 0.103. The number of rotatable bonds is 21. The zero-order valence-electron chi connectivity index (χ0n) is 25.9. The third-order valence-corrected chi connectivity index (χ3v) is 8.29. The average Bonchev–Trinajstić information content (AvgIpc) is 3.04. The summed E-state index contributed by atoms with van der Waals surface area (Å²) in [4.78, 5) is 12.4. The Morgan fingerprint density at radius 2 is 1.26 bits per heavy atom. The lowest BCUT2D eigenvalue weighted by atomic mass is 9.80. The molecule has 42 heavy (non-hydrogen) atoms. The Labute approximate surface area is 253 Å². The SMILES string of the molecule is CCCCCCCCC(CC(CCCCOC(c1ccccc1)(c1ccccc1)c1ccc(OC)cc1)C(N)=O)OC. The van der Waals surface area contributed by atoms with E-state index >= 15 is 0 Å². The van der Waals surface area contributed by atoms with Crippen LogP contribution in [0.4, 0.5) is 0 Å². The molecule has 2 unspecified atom stereocenters. The maximum atomic E-state index is 12.4. The molecule has 0 saturated heterocycles. The van der Waals surface area contributed by atoms with E-state index in [0.717, 1.165) is 54.5 Å². The summed E-state index contributed by atoms with van der Waals surface area (Å²) in [6.45, 7) is 2.77. The summed E-state index contributed by atoms with van der Waals surface area (Å²) in [6.07, 6.45) is 11.6. The van der Waals surface area contributed by atoms with Gasteiger partial charge in [0, 0.05) is 19.6 Å². The number of carbonyl (C=O) groups excluding carboxylic acids is 1. The molecule has 1 amide bonds. The lowest BCUT2D eigenvalue weighted by molar-refractivity contribution is -0.123. The maximum absolute atomic E-state index is 12.4. The summed E-state index contributed by atoms with van der Waals surface area (Å²) in [5, 5.41) is 0. The Balaban J connectivity index is 1.67. The Kier molecular flexibility index (Phi) is 14.6. The van der Waals surface area contributed by atoms with Crippen molar-refractivity contribution in [3.05, 3.63) is 102 Å². The number of ether oxygens (including phenoxy) is 3. The number of hydrogen-bond donors (Lipinski definition) is 1. The van der Waals surface area contributed by atoms with Gasteiger partial charge < -0.3 is 19.9 Å². The summed E-state index contributed by atoms with van der Waals surface area (Å²) in [5.74, 6) is 0.379. The van der Waals surface area contributed by atoms with Crippen LogP contribution in [0, 0.1) is 5.92 Å². The summed E-state index contributed by atoms with van der Waals surface area (Å²) in [7, 11) is 3.43. The minimum Gasteiger partial charge on any atom is -0.497 e. The first-order valence-electron chi connectivity index (χ1n) is 15.8. The lowest BCUT2D eigenvalue weighted by Gasteiger charge is -2.36. The highest BCUT2D eigenvalue weighted by Crippen LogP contribution is 2.41.